The summed E-state index contributed by atoms with van der Waals surface area (Å²) in [4.78, 5) is 12.8. The molecule has 10 heteroatoms. The highest BCUT2D eigenvalue weighted by molar-refractivity contribution is 7.89. The molecule has 1 amide bonds. The van der Waals surface area contributed by atoms with Gasteiger partial charge in [-0.3, -0.25) is 14.6 Å². The Balaban J connectivity index is 1.57. The first-order valence-electron chi connectivity index (χ1n) is 10.8. The Morgan fingerprint density at radius 1 is 1.23 bits per heavy atom. The monoisotopic (exact) mass is 434 g/mol. The van der Waals surface area contributed by atoms with E-state index in [1.54, 1.807) is 17.7 Å². The predicted molar refractivity (Wildman–Crippen MR) is 111 cm³/mol. The van der Waals surface area contributed by atoms with E-state index in [0.717, 1.165) is 38.5 Å². The lowest BCUT2D eigenvalue weighted by Gasteiger charge is -2.33. The van der Waals surface area contributed by atoms with Crippen LogP contribution in [0.4, 0.5) is 0 Å². The number of aromatic amines is 1. The number of sulfonamides is 1. The first-order valence-corrected chi connectivity index (χ1v) is 12.3. The van der Waals surface area contributed by atoms with Gasteiger partial charge in [-0.1, -0.05) is 19.3 Å². The molecule has 164 valence electrons. The van der Waals surface area contributed by atoms with Crippen molar-refractivity contribution in [2.45, 2.75) is 82.3 Å². The number of amides is 1. The molecule has 4 rings (SSSR count). The van der Waals surface area contributed by atoms with Crippen LogP contribution in [0.15, 0.2) is 17.2 Å². The molecule has 1 saturated carbocycles. The minimum absolute atomic E-state index is 0.199. The van der Waals surface area contributed by atoms with Gasteiger partial charge in [-0.05, 0) is 45.6 Å². The van der Waals surface area contributed by atoms with Crippen LogP contribution in [0.1, 0.15) is 79.8 Å². The number of hydrogen-bond acceptors (Lipinski definition) is 5. The van der Waals surface area contributed by atoms with Crippen molar-refractivity contribution in [3.63, 3.8) is 0 Å². The topological polar surface area (TPSA) is 113 Å². The number of carbonyl (C=O) groups is 1. The molecule has 2 aromatic heterocycles. The number of carbonyl (C=O) groups excluding carboxylic acids is 1. The second-order valence-electron chi connectivity index (χ2n) is 8.20. The number of piperidine rings is 1. The molecule has 1 aliphatic carbocycles. The van der Waals surface area contributed by atoms with Crippen molar-refractivity contribution < 1.29 is 13.2 Å². The SMILES string of the molecule is CCn1ncc(S(=O)(=O)N2CCCC[C@H]2c2cc(C(=O)NC3CCCC3)n[nH]2)c1C. The van der Waals surface area contributed by atoms with Crippen LogP contribution in [0.5, 0.6) is 0 Å². The summed E-state index contributed by atoms with van der Waals surface area (Å²) in [6, 6.07) is 1.54. The minimum atomic E-state index is -3.71. The quantitative estimate of drug-likeness (QED) is 0.725. The van der Waals surface area contributed by atoms with Gasteiger partial charge in [-0.15, -0.1) is 0 Å². The highest BCUT2D eigenvalue weighted by atomic mass is 32.2. The van der Waals surface area contributed by atoms with Gasteiger partial charge in [0.05, 0.1) is 23.6 Å². The molecule has 0 unspecified atom stereocenters. The number of nitrogens with zero attached hydrogens (tertiary/aromatic N) is 4. The van der Waals surface area contributed by atoms with E-state index in [1.807, 2.05) is 6.92 Å². The Hall–Kier alpha value is -2.20. The third kappa shape index (κ3) is 3.90. The molecule has 30 heavy (non-hydrogen) atoms. The zero-order valence-electron chi connectivity index (χ0n) is 17.6. The second-order valence-corrected chi connectivity index (χ2v) is 10.1. The van der Waals surface area contributed by atoms with E-state index in [-0.39, 0.29) is 22.9 Å². The van der Waals surface area contributed by atoms with Crippen LogP contribution in [0, 0.1) is 6.92 Å². The lowest BCUT2D eigenvalue weighted by atomic mass is 10.0. The fraction of sp³-hybridized carbons (Fsp3) is 0.650. The summed E-state index contributed by atoms with van der Waals surface area (Å²) in [5, 5.41) is 14.3. The summed E-state index contributed by atoms with van der Waals surface area (Å²) in [6.45, 7) is 4.77. The third-order valence-corrected chi connectivity index (χ3v) is 8.29. The molecular formula is C20H30N6O3S. The fourth-order valence-electron chi connectivity index (χ4n) is 4.58. The van der Waals surface area contributed by atoms with Gasteiger partial charge in [0.15, 0.2) is 0 Å². The average molecular weight is 435 g/mol. The lowest BCUT2D eigenvalue weighted by molar-refractivity contribution is 0.0932. The molecule has 0 spiro atoms. The highest BCUT2D eigenvalue weighted by Gasteiger charge is 2.37. The van der Waals surface area contributed by atoms with Gasteiger partial charge in [0.25, 0.3) is 5.91 Å². The Kier molecular flexibility index (Phi) is 5.97. The summed E-state index contributed by atoms with van der Waals surface area (Å²) in [5.41, 5.74) is 1.62. The number of nitrogens with one attached hydrogen (secondary N) is 2. The van der Waals surface area contributed by atoms with Crippen LogP contribution in [0.25, 0.3) is 0 Å². The highest BCUT2D eigenvalue weighted by Crippen LogP contribution is 2.35. The van der Waals surface area contributed by atoms with E-state index < -0.39 is 10.0 Å². The van der Waals surface area contributed by atoms with Gasteiger partial charge in [0.1, 0.15) is 10.6 Å². The number of hydrogen-bond donors (Lipinski definition) is 2. The fourth-order valence-corrected chi connectivity index (χ4v) is 6.42. The first-order chi connectivity index (χ1) is 14.4. The molecule has 9 nitrogen and oxygen atoms in total. The Labute approximate surface area is 177 Å². The predicted octanol–water partition coefficient (Wildman–Crippen LogP) is 2.52. The van der Waals surface area contributed by atoms with Crippen LogP contribution >= 0.6 is 0 Å². The van der Waals surface area contributed by atoms with Crippen molar-refractivity contribution >= 4 is 15.9 Å². The van der Waals surface area contributed by atoms with Crippen LogP contribution < -0.4 is 5.32 Å². The van der Waals surface area contributed by atoms with Crippen molar-refractivity contribution in [1.29, 1.82) is 0 Å². The number of aromatic nitrogens is 4. The van der Waals surface area contributed by atoms with E-state index in [9.17, 15) is 13.2 Å². The number of rotatable bonds is 6. The maximum Gasteiger partial charge on any atom is 0.271 e. The van der Waals surface area contributed by atoms with E-state index >= 15 is 0 Å². The van der Waals surface area contributed by atoms with Gasteiger partial charge < -0.3 is 5.32 Å². The van der Waals surface area contributed by atoms with Crippen LogP contribution in [-0.2, 0) is 16.6 Å². The Bertz CT molecular complexity index is 1010. The zero-order valence-corrected chi connectivity index (χ0v) is 18.4. The van der Waals surface area contributed by atoms with Crippen LogP contribution in [0.3, 0.4) is 0 Å². The molecule has 2 aliphatic rings. The van der Waals surface area contributed by atoms with Crippen molar-refractivity contribution in [3.8, 4) is 0 Å². The molecule has 0 aromatic carbocycles. The Morgan fingerprint density at radius 2 is 1.97 bits per heavy atom. The molecule has 2 fully saturated rings. The van der Waals surface area contributed by atoms with Gasteiger partial charge in [0.2, 0.25) is 10.0 Å². The molecular weight excluding hydrogens is 404 g/mol. The smallest absolute Gasteiger partial charge is 0.271 e. The van der Waals surface area contributed by atoms with Crippen molar-refractivity contribution in [2.75, 3.05) is 6.54 Å². The van der Waals surface area contributed by atoms with Gasteiger partial charge >= 0.3 is 0 Å². The maximum atomic E-state index is 13.5. The molecule has 0 radical (unpaired) electrons. The molecule has 1 atom stereocenters. The Morgan fingerprint density at radius 3 is 2.67 bits per heavy atom. The standard InChI is InChI=1S/C20H30N6O3S/c1-3-25-14(2)19(13-21-25)30(28,29)26-11-7-6-10-18(26)16-12-17(24-23-16)20(27)22-15-8-4-5-9-15/h12-13,15,18H,3-11H2,1-2H3,(H,22,27)(H,23,24)/t18-/m0/s1. The summed E-state index contributed by atoms with van der Waals surface area (Å²) in [6.07, 6.45) is 8.13. The number of H-pyrrole nitrogens is 1. The average Bonchev–Trinajstić information content (AvgIpc) is 3.49. The van der Waals surface area contributed by atoms with Gasteiger partial charge in [-0.2, -0.15) is 14.5 Å². The van der Waals surface area contributed by atoms with E-state index in [2.05, 4.69) is 20.6 Å². The molecule has 1 aliphatic heterocycles. The molecule has 1 saturated heterocycles. The van der Waals surface area contributed by atoms with Crippen molar-refractivity contribution in [3.05, 3.63) is 29.3 Å². The van der Waals surface area contributed by atoms with Gasteiger partial charge in [0, 0.05) is 19.1 Å². The zero-order chi connectivity index (χ0) is 21.3. The normalized spacial score (nSPS) is 21.2. The maximum absolute atomic E-state index is 13.5. The van der Waals surface area contributed by atoms with Crippen molar-refractivity contribution in [1.82, 2.24) is 29.6 Å². The van der Waals surface area contributed by atoms with Crippen LogP contribution in [0.2, 0.25) is 0 Å². The van der Waals surface area contributed by atoms with E-state index in [0.29, 0.717) is 36.6 Å². The van der Waals surface area contributed by atoms with Gasteiger partial charge in [-0.25, -0.2) is 8.42 Å². The lowest BCUT2D eigenvalue weighted by Crippen LogP contribution is -2.38. The summed E-state index contributed by atoms with van der Waals surface area (Å²) in [5.74, 6) is -0.199. The molecule has 2 N–H and O–H groups in total. The summed E-state index contributed by atoms with van der Waals surface area (Å²) >= 11 is 0. The summed E-state index contributed by atoms with van der Waals surface area (Å²) in [7, 11) is -3.71. The third-order valence-electron chi connectivity index (χ3n) is 6.28. The first kappa shape index (κ1) is 21.0. The minimum Gasteiger partial charge on any atom is -0.348 e. The molecule has 0 bridgehead atoms. The molecule has 2 aromatic rings. The van der Waals surface area contributed by atoms with Crippen molar-refractivity contribution in [2.24, 2.45) is 0 Å². The molecule has 3 heterocycles. The summed E-state index contributed by atoms with van der Waals surface area (Å²) < 4.78 is 30.1. The van der Waals surface area contributed by atoms with E-state index in [4.69, 9.17) is 0 Å². The second kappa shape index (κ2) is 8.50. The van der Waals surface area contributed by atoms with Crippen LogP contribution in [-0.4, -0.2) is 51.2 Å². The largest absolute Gasteiger partial charge is 0.348 e. The number of aryl methyl sites for hydroxylation is 1. The van der Waals surface area contributed by atoms with E-state index in [1.165, 1.54) is 10.5 Å².